The number of carboxylic acids is 1. The highest BCUT2D eigenvalue weighted by molar-refractivity contribution is 7.10. The zero-order chi connectivity index (χ0) is 15.4. The fourth-order valence-electron chi connectivity index (χ4n) is 1.83. The van der Waals surface area contributed by atoms with Crippen LogP contribution in [0.5, 0.6) is 0 Å². The molecule has 0 aromatic carbocycles. The van der Waals surface area contributed by atoms with E-state index in [1.165, 1.54) is 38.8 Å². The number of hydrogen-bond acceptors (Lipinski definition) is 4. The van der Waals surface area contributed by atoms with E-state index in [1.54, 1.807) is 11.4 Å². The Bertz CT molecular complexity index is 798. The van der Waals surface area contributed by atoms with Crippen LogP contribution >= 0.6 is 11.3 Å². The third kappa shape index (κ3) is 3.57. The van der Waals surface area contributed by atoms with Gasteiger partial charge in [-0.2, -0.15) is 0 Å². The number of carboxylic acid groups (broad SMARTS) is 1. The van der Waals surface area contributed by atoms with E-state index in [-0.39, 0.29) is 17.8 Å². The van der Waals surface area contributed by atoms with Crippen LogP contribution in [0.2, 0.25) is 0 Å². The van der Waals surface area contributed by atoms with Crippen molar-refractivity contribution >= 4 is 23.4 Å². The molecular formula is C14H14N2O4S. The van der Waals surface area contributed by atoms with Gasteiger partial charge < -0.3 is 9.67 Å². The zero-order valence-electron chi connectivity index (χ0n) is 11.4. The Balaban J connectivity index is 2.29. The largest absolute Gasteiger partial charge is 0.478 e. The molecular weight excluding hydrogens is 292 g/mol. The van der Waals surface area contributed by atoms with Crippen LogP contribution in [-0.4, -0.2) is 20.2 Å². The number of rotatable bonds is 5. The minimum atomic E-state index is -1.02. The first kappa shape index (κ1) is 15.0. The fourth-order valence-corrected chi connectivity index (χ4v) is 2.68. The van der Waals surface area contributed by atoms with Gasteiger partial charge in [-0.15, -0.1) is 11.3 Å². The second-order valence-electron chi connectivity index (χ2n) is 4.33. The summed E-state index contributed by atoms with van der Waals surface area (Å²) in [5, 5.41) is 10.4. The first-order valence-corrected chi connectivity index (χ1v) is 7.18. The average Bonchev–Trinajstić information content (AvgIpc) is 2.89. The van der Waals surface area contributed by atoms with Gasteiger partial charge in [0.15, 0.2) is 0 Å². The topological polar surface area (TPSA) is 81.3 Å². The summed E-state index contributed by atoms with van der Waals surface area (Å²) in [4.78, 5) is 35.2. The molecule has 0 fully saturated rings. The lowest BCUT2D eigenvalue weighted by atomic mass is 10.3. The number of aliphatic carboxylic acids is 1. The minimum absolute atomic E-state index is 0.185. The van der Waals surface area contributed by atoms with Crippen molar-refractivity contribution < 1.29 is 9.90 Å². The quantitative estimate of drug-likeness (QED) is 0.843. The van der Waals surface area contributed by atoms with Crippen molar-refractivity contribution in [1.82, 2.24) is 9.13 Å². The summed E-state index contributed by atoms with van der Waals surface area (Å²) in [5.41, 5.74) is 0.0407. The maximum absolute atomic E-state index is 12.1. The Morgan fingerprint density at radius 1 is 1.43 bits per heavy atom. The summed E-state index contributed by atoms with van der Waals surface area (Å²) >= 11 is 1.37. The van der Waals surface area contributed by atoms with Crippen LogP contribution in [0.3, 0.4) is 0 Å². The van der Waals surface area contributed by atoms with Gasteiger partial charge in [-0.25, -0.2) is 9.59 Å². The van der Waals surface area contributed by atoms with Crippen molar-refractivity contribution in [3.05, 3.63) is 61.1 Å². The van der Waals surface area contributed by atoms with E-state index in [0.29, 0.717) is 6.54 Å². The molecule has 1 N–H and O–H groups in total. The van der Waals surface area contributed by atoms with Gasteiger partial charge in [-0.3, -0.25) is 9.36 Å². The van der Waals surface area contributed by atoms with Crippen molar-refractivity contribution in [2.75, 3.05) is 0 Å². The summed E-state index contributed by atoms with van der Waals surface area (Å²) in [7, 11) is 0. The molecule has 0 unspecified atom stereocenters. The van der Waals surface area contributed by atoms with Crippen LogP contribution in [0.1, 0.15) is 17.4 Å². The molecule has 2 aromatic heterocycles. The van der Waals surface area contributed by atoms with Gasteiger partial charge in [0, 0.05) is 29.8 Å². The summed E-state index contributed by atoms with van der Waals surface area (Å²) in [6, 6.07) is 3.13. The SMILES string of the molecule is CCn1ccc(=O)n(Cc2cc(C=CC(=O)O)cs2)c1=O. The van der Waals surface area contributed by atoms with Crippen molar-refractivity contribution in [2.24, 2.45) is 0 Å². The van der Waals surface area contributed by atoms with E-state index in [4.69, 9.17) is 5.11 Å². The Morgan fingerprint density at radius 2 is 2.19 bits per heavy atom. The van der Waals surface area contributed by atoms with E-state index < -0.39 is 5.97 Å². The van der Waals surface area contributed by atoms with Gasteiger partial charge in [0.1, 0.15) is 0 Å². The molecule has 0 saturated carbocycles. The monoisotopic (exact) mass is 306 g/mol. The molecule has 21 heavy (non-hydrogen) atoms. The van der Waals surface area contributed by atoms with Crippen molar-refractivity contribution in [3.63, 3.8) is 0 Å². The van der Waals surface area contributed by atoms with Gasteiger partial charge in [0.25, 0.3) is 5.56 Å². The molecule has 0 amide bonds. The maximum Gasteiger partial charge on any atom is 0.331 e. The van der Waals surface area contributed by atoms with Crippen LogP contribution in [0.15, 0.2) is 39.4 Å². The third-order valence-corrected chi connectivity index (χ3v) is 3.83. The second kappa shape index (κ2) is 6.36. The van der Waals surface area contributed by atoms with Gasteiger partial charge in [0.2, 0.25) is 0 Å². The Morgan fingerprint density at radius 3 is 2.86 bits per heavy atom. The predicted octanol–water partition coefficient (Wildman–Crippen LogP) is 1.24. The molecule has 2 heterocycles. The molecule has 2 aromatic rings. The Kier molecular flexibility index (Phi) is 4.54. The molecule has 0 bridgehead atoms. The molecule has 0 radical (unpaired) electrons. The lowest BCUT2D eigenvalue weighted by molar-refractivity contribution is -0.131. The molecule has 0 aliphatic carbocycles. The first-order chi connectivity index (χ1) is 10.0. The van der Waals surface area contributed by atoms with Crippen LogP contribution in [0, 0.1) is 0 Å². The molecule has 6 nitrogen and oxygen atoms in total. The van der Waals surface area contributed by atoms with Crippen LogP contribution in [0.4, 0.5) is 0 Å². The number of aryl methyl sites for hydroxylation is 1. The molecule has 0 aliphatic heterocycles. The van der Waals surface area contributed by atoms with E-state index in [9.17, 15) is 14.4 Å². The zero-order valence-corrected chi connectivity index (χ0v) is 12.2. The third-order valence-electron chi connectivity index (χ3n) is 2.89. The number of thiophene rings is 1. The standard InChI is InChI=1S/C14H14N2O4S/c1-2-15-6-5-12(17)16(14(15)20)8-11-7-10(9-21-11)3-4-13(18)19/h3-7,9H,2,8H2,1H3,(H,18,19). The Hall–Kier alpha value is -2.41. The normalized spacial score (nSPS) is 11.1. The molecule has 0 saturated heterocycles. The molecule has 0 spiro atoms. The lowest BCUT2D eigenvalue weighted by Gasteiger charge is -2.06. The van der Waals surface area contributed by atoms with E-state index in [1.807, 2.05) is 6.92 Å². The molecule has 2 rings (SSSR count). The average molecular weight is 306 g/mol. The molecule has 0 aliphatic rings. The maximum atomic E-state index is 12.1. The summed E-state index contributed by atoms with van der Waals surface area (Å²) in [6.45, 7) is 2.51. The van der Waals surface area contributed by atoms with Gasteiger partial charge >= 0.3 is 11.7 Å². The highest BCUT2D eigenvalue weighted by Gasteiger charge is 2.06. The smallest absolute Gasteiger partial charge is 0.331 e. The fraction of sp³-hybridized carbons (Fsp3) is 0.214. The summed E-state index contributed by atoms with van der Waals surface area (Å²) in [6.07, 6.45) is 4.00. The molecule has 7 heteroatoms. The number of nitrogens with zero attached hydrogens (tertiary/aromatic N) is 2. The van der Waals surface area contributed by atoms with E-state index in [0.717, 1.165) is 16.5 Å². The number of carbonyl (C=O) groups is 1. The highest BCUT2D eigenvalue weighted by Crippen LogP contribution is 2.16. The molecule has 110 valence electrons. The van der Waals surface area contributed by atoms with Gasteiger partial charge in [-0.05, 0) is 30.0 Å². The van der Waals surface area contributed by atoms with Gasteiger partial charge in [-0.1, -0.05) is 0 Å². The predicted molar refractivity (Wildman–Crippen MR) is 80.7 cm³/mol. The molecule has 0 atom stereocenters. The van der Waals surface area contributed by atoms with E-state index in [2.05, 4.69) is 0 Å². The number of aromatic nitrogens is 2. The van der Waals surface area contributed by atoms with Crippen molar-refractivity contribution in [3.8, 4) is 0 Å². The van der Waals surface area contributed by atoms with E-state index >= 15 is 0 Å². The van der Waals surface area contributed by atoms with Crippen LogP contribution < -0.4 is 11.2 Å². The first-order valence-electron chi connectivity index (χ1n) is 6.30. The summed E-state index contributed by atoms with van der Waals surface area (Å²) < 4.78 is 2.63. The lowest BCUT2D eigenvalue weighted by Crippen LogP contribution is -2.38. The highest BCUT2D eigenvalue weighted by atomic mass is 32.1. The second-order valence-corrected chi connectivity index (χ2v) is 5.32. The van der Waals surface area contributed by atoms with Crippen molar-refractivity contribution in [1.29, 1.82) is 0 Å². The van der Waals surface area contributed by atoms with Gasteiger partial charge in [0.05, 0.1) is 6.54 Å². The van der Waals surface area contributed by atoms with Crippen molar-refractivity contribution in [2.45, 2.75) is 20.0 Å². The summed E-state index contributed by atoms with van der Waals surface area (Å²) in [5.74, 6) is -1.02. The van der Waals surface area contributed by atoms with Crippen LogP contribution in [0.25, 0.3) is 6.08 Å². The Labute approximate surface area is 124 Å². The minimum Gasteiger partial charge on any atom is -0.478 e. The number of hydrogen-bond donors (Lipinski definition) is 1. The van der Waals surface area contributed by atoms with Crippen LogP contribution in [-0.2, 0) is 17.9 Å².